The van der Waals surface area contributed by atoms with Crippen LogP contribution in [0.5, 0.6) is 0 Å². The van der Waals surface area contributed by atoms with E-state index in [4.69, 9.17) is 5.11 Å². The average molecular weight is 241 g/mol. The molecule has 0 atom stereocenters. The predicted octanol–water partition coefficient (Wildman–Crippen LogP) is 1.24. The molecule has 90 valence electrons. The minimum Gasteiger partial charge on any atom is -0.475 e. The molecular weight excluding hydrogens is 233 g/mol. The van der Waals surface area contributed by atoms with Gasteiger partial charge in [-0.1, -0.05) is 0 Å². The van der Waals surface area contributed by atoms with Crippen molar-refractivity contribution in [2.75, 3.05) is 0 Å². The fourth-order valence-corrected chi connectivity index (χ4v) is 1.34. The number of ketones is 1. The molecule has 6 nitrogen and oxygen atoms in total. The van der Waals surface area contributed by atoms with Crippen LogP contribution in [-0.2, 0) is 16.0 Å². The van der Waals surface area contributed by atoms with Crippen LogP contribution in [0.2, 0.25) is 0 Å². The number of halogens is 1. The molecule has 0 aliphatic rings. The van der Waals surface area contributed by atoms with E-state index in [1.54, 1.807) is 0 Å². The Hall–Kier alpha value is -2.31. The van der Waals surface area contributed by atoms with Gasteiger partial charge in [0.1, 0.15) is 5.82 Å². The zero-order valence-electron chi connectivity index (χ0n) is 8.77. The summed E-state index contributed by atoms with van der Waals surface area (Å²) in [5.41, 5.74) is -0.755. The van der Waals surface area contributed by atoms with Gasteiger partial charge >= 0.3 is 5.97 Å². The van der Waals surface area contributed by atoms with Gasteiger partial charge in [0.15, 0.2) is 0 Å². The molecule has 0 aliphatic heterocycles. The molecule has 17 heavy (non-hydrogen) atoms. The van der Waals surface area contributed by atoms with Crippen molar-refractivity contribution in [3.8, 4) is 0 Å². The van der Waals surface area contributed by atoms with Crippen LogP contribution in [0.3, 0.4) is 0 Å². The van der Waals surface area contributed by atoms with Crippen molar-refractivity contribution in [2.24, 2.45) is 0 Å². The molecule has 0 spiro atoms. The standard InChI is InChI=1S/C10H8FNO5/c1-5-6(4-9(13)10(14)15)8(12(16)17)3-2-7(5)11/h2-3H,4H2,1H3,(H,14,15). The van der Waals surface area contributed by atoms with Gasteiger partial charge in [-0.05, 0) is 18.6 Å². The maximum atomic E-state index is 13.2. The molecule has 1 aromatic rings. The highest BCUT2D eigenvalue weighted by atomic mass is 19.1. The highest BCUT2D eigenvalue weighted by molar-refractivity contribution is 6.33. The third-order valence-corrected chi connectivity index (χ3v) is 2.28. The summed E-state index contributed by atoms with van der Waals surface area (Å²) in [7, 11) is 0. The lowest BCUT2D eigenvalue weighted by molar-refractivity contribution is -0.385. The average Bonchev–Trinajstić information content (AvgIpc) is 2.24. The van der Waals surface area contributed by atoms with Gasteiger partial charge in [-0.2, -0.15) is 0 Å². The second-order valence-electron chi connectivity index (χ2n) is 3.33. The van der Waals surface area contributed by atoms with E-state index in [9.17, 15) is 24.1 Å². The molecule has 0 heterocycles. The van der Waals surface area contributed by atoms with Crippen LogP contribution in [0.4, 0.5) is 10.1 Å². The molecule has 1 N–H and O–H groups in total. The van der Waals surface area contributed by atoms with E-state index in [0.29, 0.717) is 0 Å². The summed E-state index contributed by atoms with van der Waals surface area (Å²) in [6.07, 6.45) is -0.699. The second-order valence-corrected chi connectivity index (χ2v) is 3.33. The predicted molar refractivity (Wildman–Crippen MR) is 54.1 cm³/mol. The molecule has 0 unspecified atom stereocenters. The van der Waals surface area contributed by atoms with Crippen LogP contribution < -0.4 is 0 Å². The molecule has 0 saturated heterocycles. The number of carboxylic acids is 1. The first-order valence-electron chi connectivity index (χ1n) is 4.53. The van der Waals surface area contributed by atoms with E-state index in [1.165, 1.54) is 6.92 Å². The maximum Gasteiger partial charge on any atom is 0.372 e. The van der Waals surface area contributed by atoms with Crippen molar-refractivity contribution in [2.45, 2.75) is 13.3 Å². The van der Waals surface area contributed by atoms with Crippen molar-refractivity contribution < 1.29 is 24.0 Å². The summed E-state index contributed by atoms with van der Waals surface area (Å²) in [5, 5.41) is 19.1. The smallest absolute Gasteiger partial charge is 0.372 e. The largest absolute Gasteiger partial charge is 0.475 e. The monoisotopic (exact) mass is 241 g/mol. The number of nitro groups is 1. The third-order valence-electron chi connectivity index (χ3n) is 2.28. The Morgan fingerprint density at radius 2 is 2.06 bits per heavy atom. The number of carboxylic acid groups (broad SMARTS) is 1. The molecule has 1 aromatic carbocycles. The van der Waals surface area contributed by atoms with Gasteiger partial charge in [-0.25, -0.2) is 9.18 Å². The van der Waals surface area contributed by atoms with Crippen molar-refractivity contribution >= 4 is 17.4 Å². The first kappa shape index (κ1) is 12.8. The molecule has 0 fully saturated rings. The van der Waals surface area contributed by atoms with Gasteiger partial charge < -0.3 is 5.11 Å². The molecule has 0 saturated carbocycles. The Balaban J connectivity index is 3.28. The van der Waals surface area contributed by atoms with E-state index < -0.39 is 34.6 Å². The normalized spacial score (nSPS) is 10.0. The number of benzene rings is 1. The van der Waals surface area contributed by atoms with Crippen LogP contribution in [0.1, 0.15) is 11.1 Å². The summed E-state index contributed by atoms with van der Waals surface area (Å²) in [4.78, 5) is 31.3. The Labute approximate surface area is 94.8 Å². The van der Waals surface area contributed by atoms with E-state index in [2.05, 4.69) is 0 Å². The SMILES string of the molecule is Cc1c(F)ccc([N+](=O)[O-])c1CC(=O)C(=O)O. The van der Waals surface area contributed by atoms with Crippen LogP contribution >= 0.6 is 0 Å². The quantitative estimate of drug-likeness (QED) is 0.485. The summed E-state index contributed by atoms with van der Waals surface area (Å²) in [6, 6.07) is 1.81. The molecule has 0 aromatic heterocycles. The van der Waals surface area contributed by atoms with Crippen LogP contribution in [-0.4, -0.2) is 21.8 Å². The molecular formula is C10H8FNO5. The lowest BCUT2D eigenvalue weighted by Gasteiger charge is -2.05. The fourth-order valence-electron chi connectivity index (χ4n) is 1.34. The number of carbonyl (C=O) groups excluding carboxylic acids is 1. The number of hydrogen-bond acceptors (Lipinski definition) is 4. The van der Waals surface area contributed by atoms with Crippen LogP contribution in [0.15, 0.2) is 12.1 Å². The Kier molecular flexibility index (Phi) is 3.52. The van der Waals surface area contributed by atoms with Gasteiger partial charge in [0.25, 0.3) is 5.69 Å². The molecule has 1 rings (SSSR count). The zero-order valence-corrected chi connectivity index (χ0v) is 8.77. The molecule has 0 radical (unpaired) electrons. The highest BCUT2D eigenvalue weighted by Gasteiger charge is 2.23. The van der Waals surface area contributed by atoms with Gasteiger partial charge in [0.05, 0.1) is 11.3 Å². The molecule has 0 amide bonds. The Morgan fingerprint density at radius 1 is 1.47 bits per heavy atom. The van der Waals surface area contributed by atoms with Gasteiger partial charge in [-0.15, -0.1) is 0 Å². The number of nitro benzene ring substituents is 1. The first-order chi connectivity index (χ1) is 7.84. The van der Waals surface area contributed by atoms with Crippen molar-refractivity contribution in [1.29, 1.82) is 0 Å². The van der Waals surface area contributed by atoms with Crippen LogP contribution in [0, 0.1) is 22.9 Å². The van der Waals surface area contributed by atoms with Crippen molar-refractivity contribution in [3.63, 3.8) is 0 Å². The lowest BCUT2D eigenvalue weighted by Crippen LogP contribution is -2.17. The minimum atomic E-state index is -1.71. The van der Waals surface area contributed by atoms with Gasteiger partial charge in [0, 0.05) is 11.6 Å². The third kappa shape index (κ3) is 2.63. The van der Waals surface area contributed by atoms with E-state index >= 15 is 0 Å². The maximum absolute atomic E-state index is 13.2. The zero-order chi connectivity index (χ0) is 13.2. The lowest BCUT2D eigenvalue weighted by atomic mass is 10.0. The molecule has 7 heteroatoms. The number of rotatable bonds is 4. The number of hydrogen-bond donors (Lipinski definition) is 1. The summed E-state index contributed by atoms with van der Waals surface area (Å²) < 4.78 is 13.2. The summed E-state index contributed by atoms with van der Waals surface area (Å²) >= 11 is 0. The number of nitrogens with zero attached hydrogens (tertiary/aromatic N) is 1. The Bertz CT molecular complexity index is 512. The van der Waals surface area contributed by atoms with Gasteiger partial charge in [-0.3, -0.25) is 14.9 Å². The number of carbonyl (C=O) groups is 2. The van der Waals surface area contributed by atoms with Gasteiger partial charge in [0.2, 0.25) is 5.78 Å². The fraction of sp³-hybridized carbons (Fsp3) is 0.200. The number of aliphatic carboxylic acids is 1. The number of Topliss-reactive ketones (excluding diaryl/α,β-unsaturated/α-hetero) is 1. The van der Waals surface area contributed by atoms with E-state index in [1.807, 2.05) is 0 Å². The molecule has 0 aliphatic carbocycles. The first-order valence-corrected chi connectivity index (χ1v) is 4.53. The highest BCUT2D eigenvalue weighted by Crippen LogP contribution is 2.24. The molecule has 0 bridgehead atoms. The topological polar surface area (TPSA) is 97.5 Å². The van der Waals surface area contributed by atoms with Crippen molar-refractivity contribution in [1.82, 2.24) is 0 Å². The summed E-state index contributed by atoms with van der Waals surface area (Å²) in [5.74, 6) is -3.64. The second kappa shape index (κ2) is 4.69. The Morgan fingerprint density at radius 3 is 2.53 bits per heavy atom. The van der Waals surface area contributed by atoms with Crippen molar-refractivity contribution in [3.05, 3.63) is 39.2 Å². The minimum absolute atomic E-state index is 0.0891. The summed E-state index contributed by atoms with van der Waals surface area (Å²) in [6.45, 7) is 1.26. The van der Waals surface area contributed by atoms with Crippen LogP contribution in [0.25, 0.3) is 0 Å². The van der Waals surface area contributed by atoms with E-state index in [0.717, 1.165) is 12.1 Å². The van der Waals surface area contributed by atoms with E-state index in [-0.39, 0.29) is 11.1 Å².